The van der Waals surface area contributed by atoms with E-state index in [0.717, 1.165) is 34.4 Å². The monoisotopic (exact) mass is 311 g/mol. The van der Waals surface area contributed by atoms with Crippen LogP contribution in [0.3, 0.4) is 0 Å². The van der Waals surface area contributed by atoms with Crippen molar-refractivity contribution in [2.24, 2.45) is 0 Å². The van der Waals surface area contributed by atoms with Gasteiger partial charge in [-0.15, -0.1) is 0 Å². The molecule has 0 amide bonds. The van der Waals surface area contributed by atoms with Crippen molar-refractivity contribution >= 4 is 33.1 Å². The van der Waals surface area contributed by atoms with E-state index in [1.165, 1.54) is 5.56 Å². The summed E-state index contributed by atoms with van der Waals surface area (Å²) in [5, 5.41) is 4.16. The second kappa shape index (κ2) is 5.14. The zero-order valence-electron chi connectivity index (χ0n) is 9.83. The molecule has 0 saturated carbocycles. The Labute approximate surface area is 113 Å². The topological polar surface area (TPSA) is 51.8 Å². The summed E-state index contributed by atoms with van der Waals surface area (Å²) in [5.74, 6) is 1.25. The van der Waals surface area contributed by atoms with E-state index in [4.69, 9.17) is 5.73 Å². The number of nitrogens with two attached hydrogens (primary N) is 1. The maximum Gasteiger partial charge on any atom is 0.162 e. The number of nitrogen functional groups attached to an aromatic ring is 1. The van der Waals surface area contributed by atoms with Gasteiger partial charge in [-0.1, -0.05) is 13.3 Å². The standard InChI is InChI=1S/C12H14BrN3S/c1-3-4-9-10(13)11(14)16-12(15-9)8-6-17-5-7(8)2/h5-6H,3-4H2,1-2H3,(H2,14,15,16). The Morgan fingerprint density at radius 3 is 2.71 bits per heavy atom. The number of thiophene rings is 1. The van der Waals surface area contributed by atoms with Gasteiger partial charge in [0.25, 0.3) is 0 Å². The number of halogens is 1. The molecule has 0 spiro atoms. The highest BCUT2D eigenvalue weighted by Gasteiger charge is 2.12. The van der Waals surface area contributed by atoms with Crippen molar-refractivity contribution in [3.63, 3.8) is 0 Å². The fourth-order valence-electron chi connectivity index (χ4n) is 1.63. The summed E-state index contributed by atoms with van der Waals surface area (Å²) in [6.45, 7) is 4.19. The van der Waals surface area contributed by atoms with Crippen molar-refractivity contribution in [2.75, 3.05) is 5.73 Å². The molecule has 5 heteroatoms. The summed E-state index contributed by atoms with van der Waals surface area (Å²) >= 11 is 5.11. The summed E-state index contributed by atoms with van der Waals surface area (Å²) in [4.78, 5) is 8.94. The van der Waals surface area contributed by atoms with Crippen molar-refractivity contribution in [3.8, 4) is 11.4 Å². The number of anilines is 1. The molecule has 0 fully saturated rings. The Hall–Kier alpha value is -0.940. The molecule has 2 N–H and O–H groups in total. The van der Waals surface area contributed by atoms with Gasteiger partial charge in [-0.2, -0.15) is 11.3 Å². The molecular formula is C12H14BrN3S. The van der Waals surface area contributed by atoms with E-state index in [2.05, 4.69) is 50.5 Å². The van der Waals surface area contributed by atoms with E-state index in [9.17, 15) is 0 Å². The number of nitrogens with zero attached hydrogens (tertiary/aromatic N) is 2. The molecule has 90 valence electrons. The molecule has 2 aromatic rings. The summed E-state index contributed by atoms with van der Waals surface area (Å²) in [5.41, 5.74) is 9.17. The third-order valence-electron chi connectivity index (χ3n) is 2.53. The number of hydrogen-bond acceptors (Lipinski definition) is 4. The Bertz CT molecular complexity index is 537. The van der Waals surface area contributed by atoms with Gasteiger partial charge in [0.15, 0.2) is 5.82 Å². The molecule has 0 saturated heterocycles. The van der Waals surface area contributed by atoms with Crippen LogP contribution in [0.15, 0.2) is 15.2 Å². The van der Waals surface area contributed by atoms with E-state index in [1.807, 2.05) is 0 Å². The maximum atomic E-state index is 5.91. The van der Waals surface area contributed by atoms with Crippen LogP contribution in [0.25, 0.3) is 11.4 Å². The summed E-state index contributed by atoms with van der Waals surface area (Å²) < 4.78 is 0.830. The SMILES string of the molecule is CCCc1nc(-c2cscc2C)nc(N)c1Br. The predicted molar refractivity (Wildman–Crippen MR) is 76.2 cm³/mol. The average molecular weight is 312 g/mol. The van der Waals surface area contributed by atoms with Crippen LogP contribution in [0.4, 0.5) is 5.82 Å². The first-order valence-corrected chi connectivity index (χ1v) is 7.22. The van der Waals surface area contributed by atoms with Crippen LogP contribution >= 0.6 is 27.3 Å². The summed E-state index contributed by atoms with van der Waals surface area (Å²) in [6, 6.07) is 0. The Kier molecular flexibility index (Phi) is 3.79. The Morgan fingerprint density at radius 2 is 2.12 bits per heavy atom. The average Bonchev–Trinajstić information content (AvgIpc) is 2.71. The minimum Gasteiger partial charge on any atom is -0.383 e. The molecule has 0 unspecified atom stereocenters. The van der Waals surface area contributed by atoms with E-state index >= 15 is 0 Å². The normalized spacial score (nSPS) is 10.8. The van der Waals surface area contributed by atoms with Crippen molar-refractivity contribution < 1.29 is 0 Å². The van der Waals surface area contributed by atoms with Crippen LogP contribution in [0.5, 0.6) is 0 Å². The van der Waals surface area contributed by atoms with Gasteiger partial charge < -0.3 is 5.73 Å². The van der Waals surface area contributed by atoms with Crippen LogP contribution in [0.1, 0.15) is 24.6 Å². The van der Waals surface area contributed by atoms with E-state index in [1.54, 1.807) is 11.3 Å². The number of aryl methyl sites for hydroxylation is 2. The molecule has 3 nitrogen and oxygen atoms in total. The molecule has 0 aromatic carbocycles. The smallest absolute Gasteiger partial charge is 0.162 e. The zero-order valence-corrected chi connectivity index (χ0v) is 12.2. The number of aromatic nitrogens is 2. The molecule has 17 heavy (non-hydrogen) atoms. The van der Waals surface area contributed by atoms with Gasteiger partial charge in [0.05, 0.1) is 10.2 Å². The third-order valence-corrected chi connectivity index (χ3v) is 4.25. The quantitative estimate of drug-likeness (QED) is 0.937. The molecule has 0 aliphatic heterocycles. The van der Waals surface area contributed by atoms with Gasteiger partial charge in [0.1, 0.15) is 5.82 Å². The summed E-state index contributed by atoms with van der Waals surface area (Å²) in [7, 11) is 0. The Morgan fingerprint density at radius 1 is 1.35 bits per heavy atom. The largest absolute Gasteiger partial charge is 0.383 e. The lowest BCUT2D eigenvalue weighted by atomic mass is 10.2. The van der Waals surface area contributed by atoms with E-state index < -0.39 is 0 Å². The minimum atomic E-state index is 0.518. The van der Waals surface area contributed by atoms with E-state index in [0.29, 0.717) is 5.82 Å². The van der Waals surface area contributed by atoms with Crippen LogP contribution in [0, 0.1) is 6.92 Å². The second-order valence-corrected chi connectivity index (χ2v) is 5.45. The first-order valence-electron chi connectivity index (χ1n) is 5.48. The van der Waals surface area contributed by atoms with Crippen molar-refractivity contribution in [2.45, 2.75) is 26.7 Å². The molecular weight excluding hydrogens is 298 g/mol. The highest BCUT2D eigenvalue weighted by Crippen LogP contribution is 2.29. The van der Waals surface area contributed by atoms with Crippen LogP contribution in [0.2, 0.25) is 0 Å². The molecule has 0 radical (unpaired) electrons. The Balaban J connectivity index is 2.53. The van der Waals surface area contributed by atoms with Crippen LogP contribution in [-0.2, 0) is 6.42 Å². The first kappa shape index (κ1) is 12.5. The van der Waals surface area contributed by atoms with Gasteiger partial charge in [0.2, 0.25) is 0 Å². The molecule has 2 heterocycles. The lowest BCUT2D eigenvalue weighted by Crippen LogP contribution is -2.02. The fourth-order valence-corrected chi connectivity index (χ4v) is 2.83. The lowest BCUT2D eigenvalue weighted by Gasteiger charge is -2.08. The van der Waals surface area contributed by atoms with Crippen molar-refractivity contribution in [3.05, 3.63) is 26.5 Å². The van der Waals surface area contributed by atoms with Crippen molar-refractivity contribution in [1.82, 2.24) is 9.97 Å². The van der Waals surface area contributed by atoms with Gasteiger partial charge in [-0.05, 0) is 40.2 Å². The van der Waals surface area contributed by atoms with Crippen LogP contribution < -0.4 is 5.73 Å². The molecule has 0 bridgehead atoms. The zero-order chi connectivity index (χ0) is 12.4. The first-order chi connectivity index (χ1) is 8.13. The maximum absolute atomic E-state index is 5.91. The molecule has 0 aliphatic carbocycles. The third kappa shape index (κ3) is 2.50. The molecule has 2 rings (SSSR count). The van der Waals surface area contributed by atoms with Crippen LogP contribution in [-0.4, -0.2) is 9.97 Å². The van der Waals surface area contributed by atoms with Crippen molar-refractivity contribution in [1.29, 1.82) is 0 Å². The fraction of sp³-hybridized carbons (Fsp3) is 0.333. The lowest BCUT2D eigenvalue weighted by molar-refractivity contribution is 0.870. The molecule has 0 atom stereocenters. The van der Waals surface area contributed by atoms with Gasteiger partial charge in [-0.25, -0.2) is 9.97 Å². The van der Waals surface area contributed by atoms with E-state index in [-0.39, 0.29) is 0 Å². The van der Waals surface area contributed by atoms with Gasteiger partial charge in [0, 0.05) is 10.9 Å². The predicted octanol–water partition coefficient (Wildman–Crippen LogP) is 3.81. The highest BCUT2D eigenvalue weighted by atomic mass is 79.9. The molecule has 2 aromatic heterocycles. The van der Waals surface area contributed by atoms with Gasteiger partial charge in [-0.3, -0.25) is 0 Å². The highest BCUT2D eigenvalue weighted by molar-refractivity contribution is 9.10. The molecule has 0 aliphatic rings. The van der Waals surface area contributed by atoms with Gasteiger partial charge >= 0.3 is 0 Å². The summed E-state index contributed by atoms with van der Waals surface area (Å²) in [6.07, 6.45) is 1.95. The second-order valence-electron chi connectivity index (χ2n) is 3.91. The minimum absolute atomic E-state index is 0.518. The number of hydrogen-bond donors (Lipinski definition) is 1. The number of rotatable bonds is 3.